The smallest absolute Gasteiger partial charge is 0.123 e. The molecule has 4 heteroatoms. The first-order valence-electron chi connectivity index (χ1n) is 5.74. The molecule has 0 aliphatic heterocycles. The number of nitrogens with zero attached hydrogens (tertiary/aromatic N) is 1. The van der Waals surface area contributed by atoms with E-state index in [1.165, 1.54) is 6.07 Å². The second-order valence-corrected chi connectivity index (χ2v) is 4.06. The Morgan fingerprint density at radius 2 is 2.12 bits per heavy atom. The molecule has 0 amide bonds. The van der Waals surface area contributed by atoms with Gasteiger partial charge in [-0.05, 0) is 30.2 Å². The Balaban J connectivity index is 2.67. The summed E-state index contributed by atoms with van der Waals surface area (Å²) in [5.41, 5.74) is 2.02. The number of benzene rings is 1. The van der Waals surface area contributed by atoms with Crippen molar-refractivity contribution in [3.63, 3.8) is 0 Å². The van der Waals surface area contributed by atoms with E-state index < -0.39 is 0 Å². The molecule has 0 radical (unpaired) electrons. The molecular weight excluding hydrogens is 221 g/mol. The Hall–Kier alpha value is -0.970. The van der Waals surface area contributed by atoms with Crippen LogP contribution in [0.1, 0.15) is 11.1 Å². The summed E-state index contributed by atoms with van der Waals surface area (Å²) in [6, 6.07) is 4.79. The summed E-state index contributed by atoms with van der Waals surface area (Å²) in [7, 11) is 1.64. The molecule has 0 heterocycles. The lowest BCUT2D eigenvalue weighted by Gasteiger charge is -2.21. The second kappa shape index (κ2) is 7.37. The highest BCUT2D eigenvalue weighted by Gasteiger charge is 2.08. The molecule has 0 unspecified atom stereocenters. The Bertz CT molecular complexity index is 344. The number of aryl methyl sites for hydroxylation is 1. The number of hydrogen-bond acceptors (Lipinski definition) is 3. The minimum Gasteiger partial charge on any atom is -0.395 e. The van der Waals surface area contributed by atoms with E-state index in [-0.39, 0.29) is 12.4 Å². The van der Waals surface area contributed by atoms with E-state index in [2.05, 4.69) is 0 Å². The number of methoxy groups -OCH3 is 1. The Morgan fingerprint density at radius 1 is 1.35 bits per heavy atom. The number of aliphatic hydroxyl groups is 1. The minimum atomic E-state index is -0.221. The van der Waals surface area contributed by atoms with Gasteiger partial charge in [0, 0.05) is 26.7 Å². The lowest BCUT2D eigenvalue weighted by atomic mass is 10.1. The third kappa shape index (κ3) is 4.81. The number of aliphatic hydroxyl groups excluding tert-OH is 1. The molecular formula is C13H20FNO2. The zero-order chi connectivity index (χ0) is 12.7. The summed E-state index contributed by atoms with van der Waals surface area (Å²) in [5, 5.41) is 8.98. The van der Waals surface area contributed by atoms with Gasteiger partial charge in [0.2, 0.25) is 0 Å². The van der Waals surface area contributed by atoms with Crippen LogP contribution in [0.25, 0.3) is 0 Å². The van der Waals surface area contributed by atoms with Gasteiger partial charge in [0.1, 0.15) is 5.82 Å². The lowest BCUT2D eigenvalue weighted by Crippen LogP contribution is -2.30. The molecule has 0 atom stereocenters. The Morgan fingerprint density at radius 3 is 2.76 bits per heavy atom. The molecule has 0 fully saturated rings. The van der Waals surface area contributed by atoms with Crippen LogP contribution in [0.4, 0.5) is 4.39 Å². The van der Waals surface area contributed by atoms with Gasteiger partial charge in [0.05, 0.1) is 13.2 Å². The third-order valence-electron chi connectivity index (χ3n) is 2.73. The van der Waals surface area contributed by atoms with Gasteiger partial charge in [0.25, 0.3) is 0 Å². The van der Waals surface area contributed by atoms with E-state index in [9.17, 15) is 4.39 Å². The number of rotatable bonds is 7. The summed E-state index contributed by atoms with van der Waals surface area (Å²) in [4.78, 5) is 2.05. The van der Waals surface area contributed by atoms with Crippen molar-refractivity contribution in [3.8, 4) is 0 Å². The van der Waals surface area contributed by atoms with Crippen LogP contribution < -0.4 is 0 Å². The standard InChI is InChI=1S/C13H20FNO2/c1-11-3-4-13(14)9-12(11)10-15(5-7-16)6-8-17-2/h3-4,9,16H,5-8,10H2,1-2H3. The average Bonchev–Trinajstić information content (AvgIpc) is 2.31. The molecule has 0 saturated heterocycles. The largest absolute Gasteiger partial charge is 0.395 e. The van der Waals surface area contributed by atoms with Gasteiger partial charge in [-0.2, -0.15) is 0 Å². The van der Waals surface area contributed by atoms with Crippen molar-refractivity contribution in [1.29, 1.82) is 0 Å². The molecule has 1 aromatic rings. The van der Waals surface area contributed by atoms with Gasteiger partial charge in [-0.1, -0.05) is 6.07 Å². The zero-order valence-electron chi connectivity index (χ0n) is 10.4. The van der Waals surface area contributed by atoms with Crippen LogP contribution in [0.2, 0.25) is 0 Å². The van der Waals surface area contributed by atoms with E-state index in [1.807, 2.05) is 11.8 Å². The van der Waals surface area contributed by atoms with E-state index in [0.29, 0.717) is 19.7 Å². The fraction of sp³-hybridized carbons (Fsp3) is 0.538. The average molecular weight is 241 g/mol. The molecule has 0 bridgehead atoms. The first kappa shape index (κ1) is 14.1. The first-order chi connectivity index (χ1) is 8.17. The topological polar surface area (TPSA) is 32.7 Å². The fourth-order valence-corrected chi connectivity index (χ4v) is 1.68. The molecule has 1 aromatic carbocycles. The number of ether oxygens (including phenoxy) is 1. The van der Waals surface area contributed by atoms with Crippen LogP contribution in [-0.4, -0.2) is 43.4 Å². The van der Waals surface area contributed by atoms with Crippen molar-refractivity contribution >= 4 is 0 Å². The van der Waals surface area contributed by atoms with Gasteiger partial charge in [-0.15, -0.1) is 0 Å². The van der Waals surface area contributed by atoms with E-state index >= 15 is 0 Å². The molecule has 96 valence electrons. The summed E-state index contributed by atoms with van der Waals surface area (Å²) >= 11 is 0. The van der Waals surface area contributed by atoms with Crippen LogP contribution in [0.5, 0.6) is 0 Å². The molecule has 0 saturated carbocycles. The predicted octanol–water partition coefficient (Wildman–Crippen LogP) is 1.57. The molecule has 0 aliphatic carbocycles. The van der Waals surface area contributed by atoms with E-state index in [1.54, 1.807) is 19.2 Å². The molecule has 1 N–H and O–H groups in total. The highest BCUT2D eigenvalue weighted by atomic mass is 19.1. The van der Waals surface area contributed by atoms with Crippen molar-refractivity contribution in [1.82, 2.24) is 4.90 Å². The van der Waals surface area contributed by atoms with Crippen molar-refractivity contribution in [3.05, 3.63) is 35.1 Å². The monoisotopic (exact) mass is 241 g/mol. The highest BCUT2D eigenvalue weighted by Crippen LogP contribution is 2.12. The maximum atomic E-state index is 13.1. The minimum absolute atomic E-state index is 0.0953. The van der Waals surface area contributed by atoms with Gasteiger partial charge in [-0.25, -0.2) is 4.39 Å². The summed E-state index contributed by atoms with van der Waals surface area (Å²) in [5.74, 6) is -0.221. The summed E-state index contributed by atoms with van der Waals surface area (Å²) in [6.45, 7) is 4.59. The molecule has 0 aromatic heterocycles. The molecule has 0 spiro atoms. The van der Waals surface area contributed by atoms with Crippen LogP contribution in [0, 0.1) is 12.7 Å². The maximum absolute atomic E-state index is 13.1. The Kier molecular flexibility index (Phi) is 6.11. The van der Waals surface area contributed by atoms with Crippen LogP contribution in [0.3, 0.4) is 0 Å². The zero-order valence-corrected chi connectivity index (χ0v) is 10.4. The maximum Gasteiger partial charge on any atom is 0.123 e. The van der Waals surface area contributed by atoms with Crippen molar-refractivity contribution in [2.75, 3.05) is 33.4 Å². The van der Waals surface area contributed by atoms with Gasteiger partial charge in [-0.3, -0.25) is 4.90 Å². The quantitative estimate of drug-likeness (QED) is 0.786. The second-order valence-electron chi connectivity index (χ2n) is 4.06. The number of halogens is 1. The van der Waals surface area contributed by atoms with Crippen LogP contribution in [0.15, 0.2) is 18.2 Å². The Labute approximate surface area is 102 Å². The van der Waals surface area contributed by atoms with Crippen molar-refractivity contribution < 1.29 is 14.2 Å². The van der Waals surface area contributed by atoms with Crippen LogP contribution >= 0.6 is 0 Å². The SMILES string of the molecule is COCCN(CCO)Cc1cc(F)ccc1C. The summed E-state index contributed by atoms with van der Waals surface area (Å²) < 4.78 is 18.2. The normalized spacial score (nSPS) is 11.1. The highest BCUT2D eigenvalue weighted by molar-refractivity contribution is 5.26. The predicted molar refractivity (Wildman–Crippen MR) is 65.4 cm³/mol. The van der Waals surface area contributed by atoms with Crippen LogP contribution in [-0.2, 0) is 11.3 Å². The third-order valence-corrected chi connectivity index (χ3v) is 2.73. The van der Waals surface area contributed by atoms with Crippen molar-refractivity contribution in [2.45, 2.75) is 13.5 Å². The van der Waals surface area contributed by atoms with E-state index in [4.69, 9.17) is 9.84 Å². The summed E-state index contributed by atoms with van der Waals surface area (Å²) in [6.07, 6.45) is 0. The van der Waals surface area contributed by atoms with Crippen molar-refractivity contribution in [2.24, 2.45) is 0 Å². The molecule has 3 nitrogen and oxygen atoms in total. The number of hydrogen-bond donors (Lipinski definition) is 1. The van der Waals surface area contributed by atoms with Gasteiger partial charge in [0.15, 0.2) is 0 Å². The lowest BCUT2D eigenvalue weighted by molar-refractivity contribution is 0.126. The first-order valence-corrected chi connectivity index (χ1v) is 5.74. The molecule has 0 aliphatic rings. The van der Waals surface area contributed by atoms with Gasteiger partial charge >= 0.3 is 0 Å². The molecule has 1 rings (SSSR count). The van der Waals surface area contributed by atoms with Gasteiger partial charge < -0.3 is 9.84 Å². The fourth-order valence-electron chi connectivity index (χ4n) is 1.68. The molecule has 17 heavy (non-hydrogen) atoms. The van der Waals surface area contributed by atoms with E-state index in [0.717, 1.165) is 17.7 Å².